The van der Waals surface area contributed by atoms with Crippen LogP contribution < -0.4 is 0 Å². The van der Waals surface area contributed by atoms with E-state index in [1.54, 1.807) is 60.7 Å². The highest BCUT2D eigenvalue weighted by molar-refractivity contribution is 5.47. The zero-order chi connectivity index (χ0) is 15.6. The summed E-state index contributed by atoms with van der Waals surface area (Å²) < 4.78 is 43.9. The maximum atomic E-state index is 16.0. The molecule has 0 saturated heterocycles. The number of hydrogen-bond donors (Lipinski definition) is 0. The van der Waals surface area contributed by atoms with Gasteiger partial charge in [0, 0.05) is 5.56 Å². The third-order valence-corrected chi connectivity index (χ3v) is 3.67. The van der Waals surface area contributed by atoms with Crippen molar-refractivity contribution in [1.82, 2.24) is 0 Å². The van der Waals surface area contributed by atoms with Gasteiger partial charge in [-0.3, -0.25) is 0 Å². The Morgan fingerprint density at radius 3 is 1.59 bits per heavy atom. The van der Waals surface area contributed by atoms with Crippen LogP contribution in [0.25, 0.3) is 0 Å². The van der Waals surface area contributed by atoms with Crippen LogP contribution in [0.2, 0.25) is 0 Å². The van der Waals surface area contributed by atoms with Gasteiger partial charge in [0.1, 0.15) is 0 Å². The Labute approximate surface area is 126 Å². The molecule has 0 aromatic heterocycles. The highest BCUT2D eigenvalue weighted by Crippen LogP contribution is 2.41. The molecule has 0 atom stereocenters. The molecule has 110 valence electrons. The van der Waals surface area contributed by atoms with Crippen LogP contribution in [0.3, 0.4) is 0 Å². The average Bonchev–Trinajstić information content (AvgIpc) is 2.58. The molecule has 3 heteroatoms. The first-order valence-electron chi connectivity index (χ1n) is 6.88. The average molecular weight is 298 g/mol. The van der Waals surface area contributed by atoms with E-state index in [4.69, 9.17) is 0 Å². The summed E-state index contributed by atoms with van der Waals surface area (Å²) in [5.74, 6) is -2.23. The second-order valence-corrected chi connectivity index (χ2v) is 4.99. The van der Waals surface area contributed by atoms with Crippen molar-refractivity contribution in [2.45, 2.75) is 5.67 Å². The van der Waals surface area contributed by atoms with Crippen molar-refractivity contribution in [3.8, 4) is 0 Å². The van der Waals surface area contributed by atoms with Gasteiger partial charge >= 0.3 is 0 Å². The highest BCUT2D eigenvalue weighted by Gasteiger charge is 2.39. The maximum absolute atomic E-state index is 16.0. The molecular formula is C19H13F3. The second kappa shape index (κ2) is 5.68. The predicted octanol–water partition coefficient (Wildman–Crippen LogP) is 5.23. The molecule has 0 radical (unpaired) electrons. The summed E-state index contributed by atoms with van der Waals surface area (Å²) in [6.45, 7) is 0. The molecule has 0 fully saturated rings. The van der Waals surface area contributed by atoms with Crippen LogP contribution in [-0.2, 0) is 5.67 Å². The van der Waals surface area contributed by atoms with Gasteiger partial charge in [0.25, 0.3) is 0 Å². The van der Waals surface area contributed by atoms with Crippen molar-refractivity contribution < 1.29 is 13.2 Å². The Kier molecular flexibility index (Phi) is 3.72. The Hall–Kier alpha value is -2.55. The Bertz CT molecular complexity index is 728. The van der Waals surface area contributed by atoms with Crippen molar-refractivity contribution in [2.24, 2.45) is 0 Å². The van der Waals surface area contributed by atoms with E-state index in [-0.39, 0.29) is 16.7 Å². The molecule has 0 N–H and O–H groups in total. The maximum Gasteiger partial charge on any atom is 0.189 e. The fourth-order valence-electron chi connectivity index (χ4n) is 2.58. The molecule has 0 aliphatic rings. The minimum Gasteiger partial charge on any atom is -0.228 e. The molecule has 3 rings (SSSR count). The van der Waals surface area contributed by atoms with Gasteiger partial charge < -0.3 is 0 Å². The molecule has 0 aliphatic heterocycles. The number of hydrogen-bond acceptors (Lipinski definition) is 0. The monoisotopic (exact) mass is 298 g/mol. The van der Waals surface area contributed by atoms with E-state index >= 15 is 4.39 Å². The van der Waals surface area contributed by atoms with Gasteiger partial charge in [-0.15, -0.1) is 0 Å². The lowest BCUT2D eigenvalue weighted by atomic mass is 9.82. The first kappa shape index (κ1) is 14.4. The summed E-state index contributed by atoms with van der Waals surface area (Å²) in [5.41, 5.74) is -2.07. The van der Waals surface area contributed by atoms with Crippen LogP contribution in [0.15, 0.2) is 78.9 Å². The molecule has 22 heavy (non-hydrogen) atoms. The molecule has 0 unspecified atom stereocenters. The third-order valence-electron chi connectivity index (χ3n) is 3.67. The van der Waals surface area contributed by atoms with Crippen LogP contribution >= 0.6 is 0 Å². The predicted molar refractivity (Wildman–Crippen MR) is 80.2 cm³/mol. The third kappa shape index (κ3) is 2.29. The van der Waals surface area contributed by atoms with Gasteiger partial charge in [0.05, 0.1) is 0 Å². The van der Waals surface area contributed by atoms with Crippen LogP contribution in [0, 0.1) is 11.6 Å². The minimum absolute atomic E-state index is 0.255. The smallest absolute Gasteiger partial charge is 0.189 e. The Morgan fingerprint density at radius 2 is 1.09 bits per heavy atom. The molecule has 0 aliphatic carbocycles. The van der Waals surface area contributed by atoms with Gasteiger partial charge in [-0.2, -0.15) is 0 Å². The fraction of sp³-hybridized carbons (Fsp3) is 0.0526. The SMILES string of the molecule is Fc1cccc(C(F)(c2ccccc2)c2ccccc2)c1F. The quantitative estimate of drug-likeness (QED) is 0.581. The number of halogens is 3. The lowest BCUT2D eigenvalue weighted by Gasteiger charge is -2.27. The molecule has 3 aromatic carbocycles. The zero-order valence-corrected chi connectivity index (χ0v) is 11.6. The summed E-state index contributed by atoms with van der Waals surface area (Å²) in [4.78, 5) is 0. The summed E-state index contributed by atoms with van der Waals surface area (Å²) in [6, 6.07) is 20.0. The van der Waals surface area contributed by atoms with Crippen LogP contribution in [0.5, 0.6) is 0 Å². The van der Waals surface area contributed by atoms with Gasteiger partial charge in [0.2, 0.25) is 0 Å². The Balaban J connectivity index is 2.31. The van der Waals surface area contributed by atoms with Gasteiger partial charge in [0.15, 0.2) is 17.3 Å². The van der Waals surface area contributed by atoms with E-state index in [2.05, 4.69) is 0 Å². The van der Waals surface area contributed by atoms with Crippen molar-refractivity contribution in [3.05, 3.63) is 107 Å². The summed E-state index contributed by atoms with van der Waals surface area (Å²) >= 11 is 0. The van der Waals surface area contributed by atoms with Crippen molar-refractivity contribution in [2.75, 3.05) is 0 Å². The first-order valence-corrected chi connectivity index (χ1v) is 6.88. The molecule has 0 heterocycles. The topological polar surface area (TPSA) is 0 Å². The second-order valence-electron chi connectivity index (χ2n) is 4.99. The normalized spacial score (nSPS) is 11.4. The van der Waals surface area contributed by atoms with Crippen LogP contribution in [-0.4, -0.2) is 0 Å². The molecule has 0 bridgehead atoms. The van der Waals surface area contributed by atoms with E-state index < -0.39 is 17.3 Å². The van der Waals surface area contributed by atoms with E-state index in [0.29, 0.717) is 0 Å². The number of alkyl halides is 1. The lowest BCUT2D eigenvalue weighted by Crippen LogP contribution is -2.25. The summed E-state index contributed by atoms with van der Waals surface area (Å²) in [5, 5.41) is 0. The van der Waals surface area contributed by atoms with Gasteiger partial charge in [-0.1, -0.05) is 72.8 Å². The van der Waals surface area contributed by atoms with Gasteiger partial charge in [-0.25, -0.2) is 13.2 Å². The highest BCUT2D eigenvalue weighted by atomic mass is 19.2. The lowest BCUT2D eigenvalue weighted by molar-refractivity contribution is 0.268. The fourth-order valence-corrected chi connectivity index (χ4v) is 2.58. The van der Waals surface area contributed by atoms with E-state index in [9.17, 15) is 8.78 Å². The van der Waals surface area contributed by atoms with Crippen molar-refractivity contribution >= 4 is 0 Å². The molecule has 0 saturated carbocycles. The zero-order valence-electron chi connectivity index (χ0n) is 11.6. The molecular weight excluding hydrogens is 285 g/mol. The van der Waals surface area contributed by atoms with Crippen molar-refractivity contribution in [1.29, 1.82) is 0 Å². The first-order chi connectivity index (χ1) is 10.6. The van der Waals surface area contributed by atoms with E-state index in [1.165, 1.54) is 12.1 Å². The molecule has 0 amide bonds. The van der Waals surface area contributed by atoms with Crippen molar-refractivity contribution in [3.63, 3.8) is 0 Å². The van der Waals surface area contributed by atoms with Crippen LogP contribution in [0.1, 0.15) is 16.7 Å². The molecule has 0 spiro atoms. The molecule has 3 aromatic rings. The van der Waals surface area contributed by atoms with E-state index in [0.717, 1.165) is 6.07 Å². The largest absolute Gasteiger partial charge is 0.228 e. The standard InChI is InChI=1S/C19H13F3/c20-17-13-7-12-16(18(17)21)19(22,14-8-3-1-4-9-14)15-10-5-2-6-11-15/h1-13H. The van der Waals surface area contributed by atoms with E-state index in [1.807, 2.05) is 0 Å². The van der Waals surface area contributed by atoms with Crippen LogP contribution in [0.4, 0.5) is 13.2 Å². The van der Waals surface area contributed by atoms with Gasteiger partial charge in [-0.05, 0) is 17.2 Å². The number of rotatable bonds is 3. The molecule has 0 nitrogen and oxygen atoms in total. The summed E-state index contributed by atoms with van der Waals surface area (Å²) in [6.07, 6.45) is 0. The minimum atomic E-state index is -2.26. The number of benzene rings is 3. The summed E-state index contributed by atoms with van der Waals surface area (Å²) in [7, 11) is 0. The Morgan fingerprint density at radius 1 is 0.591 bits per heavy atom.